The number of thioether (sulfide) groups is 1. The van der Waals surface area contributed by atoms with Crippen LogP contribution in [0.15, 0.2) is 0 Å². The maximum Gasteiger partial charge on any atom is 0.315 e. The third kappa shape index (κ3) is 13.5. The van der Waals surface area contributed by atoms with Crippen molar-refractivity contribution in [3.63, 3.8) is 0 Å². The lowest BCUT2D eigenvalue weighted by Gasteiger charge is -2.23. The largest absolute Gasteiger partial charge is 0.379 e. The second-order valence-corrected chi connectivity index (χ2v) is 11.4. The number of unbranched alkanes of at least 4 members (excludes halogenated alkanes) is 1. The molecule has 4 amide bonds. The monoisotopic (exact) mass is 560 g/mol. The number of amides is 4. The highest BCUT2D eigenvalue weighted by Crippen LogP contribution is 2.39. The van der Waals surface area contributed by atoms with Gasteiger partial charge in [-0.3, -0.25) is 9.59 Å². The first kappa shape index (κ1) is 32.6. The van der Waals surface area contributed by atoms with E-state index in [4.69, 9.17) is 18.9 Å². The molecule has 0 aromatic rings. The maximum absolute atomic E-state index is 12.0. The molecule has 38 heavy (non-hydrogen) atoms. The van der Waals surface area contributed by atoms with Gasteiger partial charge in [0.2, 0.25) is 11.8 Å². The number of nitrogens with one attached hydrogen (secondary N) is 4. The molecule has 12 heteroatoms. The highest BCUT2D eigenvalue weighted by atomic mass is 32.2. The lowest BCUT2D eigenvalue weighted by Crippen LogP contribution is -2.47. The summed E-state index contributed by atoms with van der Waals surface area (Å²) in [5, 5.41) is 12.2. The van der Waals surface area contributed by atoms with E-state index in [2.05, 4.69) is 28.2 Å². The van der Waals surface area contributed by atoms with Gasteiger partial charge < -0.3 is 40.2 Å². The van der Waals surface area contributed by atoms with Gasteiger partial charge >= 0.3 is 6.03 Å². The second-order valence-electron chi connectivity index (χ2n) is 10.2. The van der Waals surface area contributed by atoms with Crippen molar-refractivity contribution in [2.75, 3.05) is 65.1 Å². The van der Waals surface area contributed by atoms with Gasteiger partial charge in [0, 0.05) is 43.7 Å². The number of ether oxygens (including phenoxy) is 4. The number of rotatable bonds is 22. The predicted molar refractivity (Wildman–Crippen MR) is 147 cm³/mol. The lowest BCUT2D eigenvalue weighted by atomic mass is 9.92. The van der Waals surface area contributed by atoms with Crippen molar-refractivity contribution >= 4 is 29.6 Å². The second kappa shape index (κ2) is 18.6. The van der Waals surface area contributed by atoms with Crippen LogP contribution >= 0.6 is 11.8 Å². The summed E-state index contributed by atoms with van der Waals surface area (Å²) >= 11 is 1.91. The lowest BCUT2D eigenvalue weighted by molar-refractivity contribution is -0.127. The normalized spacial score (nSPS) is 22.3. The van der Waals surface area contributed by atoms with Crippen LogP contribution in [0, 0.1) is 0 Å². The molecule has 0 radical (unpaired) electrons. The van der Waals surface area contributed by atoms with Gasteiger partial charge in [0.1, 0.15) is 6.61 Å². The number of fused-ring (bicyclic) bond motifs is 1. The summed E-state index contributed by atoms with van der Waals surface area (Å²) in [7, 11) is 0. The van der Waals surface area contributed by atoms with Crippen molar-refractivity contribution in [3.8, 4) is 0 Å². The molecule has 2 aliphatic rings. The number of carbonyl (C=O) groups excluding carboxylic acids is 3. The summed E-state index contributed by atoms with van der Waals surface area (Å²) in [4.78, 5) is 35.1. The van der Waals surface area contributed by atoms with Gasteiger partial charge in [-0.15, -0.1) is 0 Å². The Hall–Kier alpha value is -1.60. The molecule has 0 aliphatic carbocycles. The molecule has 0 bridgehead atoms. The zero-order valence-corrected chi connectivity index (χ0v) is 24.1. The molecule has 2 saturated heterocycles. The maximum atomic E-state index is 12.0. The molecule has 11 nitrogen and oxygen atoms in total. The molecule has 220 valence electrons. The minimum absolute atomic E-state index is 0.0468. The van der Waals surface area contributed by atoms with Gasteiger partial charge in [-0.1, -0.05) is 6.42 Å². The average molecular weight is 561 g/mol. The van der Waals surface area contributed by atoms with E-state index in [0.29, 0.717) is 64.4 Å². The molecule has 2 heterocycles. The molecule has 0 aromatic heterocycles. The van der Waals surface area contributed by atoms with Crippen molar-refractivity contribution in [2.45, 2.75) is 82.2 Å². The Morgan fingerprint density at radius 2 is 1.55 bits per heavy atom. The van der Waals surface area contributed by atoms with E-state index >= 15 is 0 Å². The zero-order chi connectivity index (χ0) is 27.6. The smallest absolute Gasteiger partial charge is 0.315 e. The van der Waals surface area contributed by atoms with Crippen molar-refractivity contribution in [3.05, 3.63) is 0 Å². The van der Waals surface area contributed by atoms with Crippen LogP contribution in [0.1, 0.15) is 59.3 Å². The Morgan fingerprint density at radius 1 is 0.947 bits per heavy atom. The van der Waals surface area contributed by atoms with Crippen molar-refractivity contribution in [2.24, 2.45) is 0 Å². The van der Waals surface area contributed by atoms with Gasteiger partial charge in [0.25, 0.3) is 0 Å². The molecule has 2 aliphatic heterocycles. The summed E-state index contributed by atoms with van der Waals surface area (Å²) in [6.45, 7) is 10.3. The fourth-order valence-electron chi connectivity index (χ4n) is 4.29. The highest BCUT2D eigenvalue weighted by Gasteiger charge is 2.51. The Morgan fingerprint density at radius 3 is 2.18 bits per heavy atom. The number of hydrogen-bond acceptors (Lipinski definition) is 8. The SMILES string of the molecule is CC(C)OCC(=O)NCCCOCCOCCOCCCNC(=O)CCCC[C@H]1SC[C@@]2(C)NC(=O)N[C@@H]12. The van der Waals surface area contributed by atoms with Crippen molar-refractivity contribution < 1.29 is 33.3 Å². The highest BCUT2D eigenvalue weighted by molar-refractivity contribution is 8.00. The van der Waals surface area contributed by atoms with E-state index in [1.807, 2.05) is 25.6 Å². The van der Waals surface area contributed by atoms with Crippen LogP contribution in [0.25, 0.3) is 0 Å². The van der Waals surface area contributed by atoms with Crippen molar-refractivity contribution in [1.82, 2.24) is 21.3 Å². The molecule has 0 saturated carbocycles. The summed E-state index contributed by atoms with van der Waals surface area (Å²) in [6, 6.07) is 0.115. The van der Waals surface area contributed by atoms with Gasteiger partial charge in [0.05, 0.1) is 44.1 Å². The zero-order valence-electron chi connectivity index (χ0n) is 23.3. The number of hydrogen-bond donors (Lipinski definition) is 4. The summed E-state index contributed by atoms with van der Waals surface area (Å²) in [5.74, 6) is 0.904. The topological polar surface area (TPSA) is 136 Å². The third-order valence-electron chi connectivity index (χ3n) is 6.35. The predicted octanol–water partition coefficient (Wildman–Crippen LogP) is 1.59. The van der Waals surface area contributed by atoms with E-state index < -0.39 is 0 Å². The molecule has 0 unspecified atom stereocenters. The molecule has 0 aromatic carbocycles. The van der Waals surface area contributed by atoms with E-state index in [0.717, 1.165) is 37.9 Å². The van der Waals surface area contributed by atoms with Gasteiger partial charge in [-0.25, -0.2) is 4.79 Å². The molecular weight excluding hydrogens is 512 g/mol. The first-order valence-electron chi connectivity index (χ1n) is 13.9. The fourth-order valence-corrected chi connectivity index (χ4v) is 5.99. The first-order chi connectivity index (χ1) is 18.3. The molecule has 0 spiro atoms. The Labute approximate surface area is 231 Å². The first-order valence-corrected chi connectivity index (χ1v) is 14.9. The molecule has 2 rings (SSSR count). The Balaban J connectivity index is 1.28. The number of urea groups is 1. The van der Waals surface area contributed by atoms with E-state index in [1.165, 1.54) is 0 Å². The summed E-state index contributed by atoms with van der Waals surface area (Å²) in [6.07, 6.45) is 4.93. The van der Waals surface area contributed by atoms with Crippen molar-refractivity contribution in [1.29, 1.82) is 0 Å². The van der Waals surface area contributed by atoms with Crippen LogP contribution in [0.4, 0.5) is 4.79 Å². The molecule has 2 fully saturated rings. The standard InChI is InChI=1S/C26H48N4O7S/c1-20(2)37-18-23(32)28-11-7-13-35-15-17-36-16-14-34-12-6-10-27-22(31)9-5-4-8-21-24-26(3,19-38-21)30-25(33)29-24/h20-21,24H,4-19H2,1-3H3,(H,27,31)(H,28,32)(H2,29,30,33)/t21-,24+,26-/m1/s1. The minimum atomic E-state index is -0.141. The molecule has 4 N–H and O–H groups in total. The van der Waals surface area contributed by atoms with Crippen LogP contribution in [0.2, 0.25) is 0 Å². The van der Waals surface area contributed by atoms with Crippen LogP contribution in [-0.4, -0.2) is 106 Å². The number of carbonyl (C=O) groups is 3. The van der Waals surface area contributed by atoms with Crippen LogP contribution in [0.3, 0.4) is 0 Å². The Bertz CT molecular complexity index is 715. The fraction of sp³-hybridized carbons (Fsp3) is 0.885. The van der Waals surface area contributed by atoms with Crippen LogP contribution in [0.5, 0.6) is 0 Å². The van der Waals surface area contributed by atoms with Crippen LogP contribution < -0.4 is 21.3 Å². The van der Waals surface area contributed by atoms with Crippen LogP contribution in [-0.2, 0) is 28.5 Å². The van der Waals surface area contributed by atoms with Gasteiger partial charge in [0.15, 0.2) is 0 Å². The summed E-state index contributed by atoms with van der Waals surface area (Å²) in [5.41, 5.74) is -0.141. The van der Waals surface area contributed by atoms with Gasteiger partial charge in [-0.05, 0) is 46.5 Å². The quantitative estimate of drug-likeness (QED) is 0.116. The van der Waals surface area contributed by atoms with E-state index in [9.17, 15) is 14.4 Å². The van der Waals surface area contributed by atoms with E-state index in [-0.39, 0.29) is 42.1 Å². The van der Waals surface area contributed by atoms with E-state index in [1.54, 1.807) is 0 Å². The Kier molecular flexibility index (Phi) is 16.0. The summed E-state index contributed by atoms with van der Waals surface area (Å²) < 4.78 is 21.7. The molecule has 3 atom stereocenters. The average Bonchev–Trinajstić information content (AvgIpc) is 3.34. The molecular formula is C26H48N4O7S. The minimum Gasteiger partial charge on any atom is -0.379 e. The van der Waals surface area contributed by atoms with Gasteiger partial charge in [-0.2, -0.15) is 11.8 Å². The third-order valence-corrected chi connectivity index (χ3v) is 8.05.